The fraction of sp³-hybridized carbons (Fsp3) is 1.00. The summed E-state index contributed by atoms with van der Waals surface area (Å²) in [6, 6.07) is 0. The van der Waals surface area contributed by atoms with E-state index in [0.717, 1.165) is 13.0 Å². The number of rotatable bonds is 2. The SMILES string of the molecule is CC1(CCO)CCOCO1. The highest BCUT2D eigenvalue weighted by molar-refractivity contribution is 4.75. The summed E-state index contributed by atoms with van der Waals surface area (Å²) in [4.78, 5) is 0. The predicted molar refractivity (Wildman–Crippen MR) is 36.6 cm³/mol. The van der Waals surface area contributed by atoms with Gasteiger partial charge < -0.3 is 14.6 Å². The van der Waals surface area contributed by atoms with Crippen molar-refractivity contribution in [2.75, 3.05) is 20.0 Å². The lowest BCUT2D eigenvalue weighted by Gasteiger charge is -2.32. The van der Waals surface area contributed by atoms with Gasteiger partial charge in [0.2, 0.25) is 0 Å². The van der Waals surface area contributed by atoms with Gasteiger partial charge in [0.1, 0.15) is 6.79 Å². The third-order valence-electron chi connectivity index (χ3n) is 1.91. The largest absolute Gasteiger partial charge is 0.396 e. The molecule has 1 saturated heterocycles. The summed E-state index contributed by atoms with van der Waals surface area (Å²) >= 11 is 0. The molecule has 0 aliphatic carbocycles. The van der Waals surface area contributed by atoms with E-state index in [9.17, 15) is 0 Å². The minimum Gasteiger partial charge on any atom is -0.396 e. The topological polar surface area (TPSA) is 38.7 Å². The van der Waals surface area contributed by atoms with Crippen molar-refractivity contribution in [3.05, 3.63) is 0 Å². The molecule has 1 N–H and O–H groups in total. The predicted octanol–water partition coefficient (Wildman–Crippen LogP) is 0.522. The summed E-state index contributed by atoms with van der Waals surface area (Å²) in [6.07, 6.45) is 1.59. The van der Waals surface area contributed by atoms with Crippen LogP contribution in [0.2, 0.25) is 0 Å². The zero-order valence-corrected chi connectivity index (χ0v) is 6.30. The molecule has 1 atom stereocenters. The van der Waals surface area contributed by atoms with E-state index in [-0.39, 0.29) is 12.2 Å². The van der Waals surface area contributed by atoms with E-state index in [1.54, 1.807) is 0 Å². The van der Waals surface area contributed by atoms with Gasteiger partial charge in [0.05, 0.1) is 12.2 Å². The fourth-order valence-electron chi connectivity index (χ4n) is 1.04. The van der Waals surface area contributed by atoms with Crippen LogP contribution in [0.1, 0.15) is 19.8 Å². The van der Waals surface area contributed by atoms with Crippen LogP contribution in [0.3, 0.4) is 0 Å². The first-order valence-electron chi connectivity index (χ1n) is 3.59. The second-order valence-electron chi connectivity index (χ2n) is 2.84. The molecular weight excluding hydrogens is 132 g/mol. The molecule has 0 radical (unpaired) electrons. The first kappa shape index (κ1) is 7.98. The standard InChI is InChI=1S/C7H14O3/c1-7(2-4-8)3-5-9-6-10-7/h8H,2-6H2,1H3. The fourth-order valence-corrected chi connectivity index (χ4v) is 1.04. The van der Waals surface area contributed by atoms with Crippen LogP contribution >= 0.6 is 0 Å². The second-order valence-corrected chi connectivity index (χ2v) is 2.84. The molecular formula is C7H14O3. The number of aliphatic hydroxyl groups excluding tert-OH is 1. The molecule has 10 heavy (non-hydrogen) atoms. The van der Waals surface area contributed by atoms with Gasteiger partial charge >= 0.3 is 0 Å². The van der Waals surface area contributed by atoms with E-state index >= 15 is 0 Å². The van der Waals surface area contributed by atoms with Crippen molar-refractivity contribution >= 4 is 0 Å². The summed E-state index contributed by atoms with van der Waals surface area (Å²) in [5.41, 5.74) is -0.146. The molecule has 1 unspecified atom stereocenters. The van der Waals surface area contributed by atoms with Crippen LogP contribution in [-0.4, -0.2) is 30.7 Å². The van der Waals surface area contributed by atoms with E-state index in [2.05, 4.69) is 0 Å². The zero-order chi connectivity index (χ0) is 7.45. The Morgan fingerprint density at radius 1 is 1.60 bits per heavy atom. The van der Waals surface area contributed by atoms with Gasteiger partial charge in [-0.25, -0.2) is 0 Å². The van der Waals surface area contributed by atoms with Crippen molar-refractivity contribution in [2.24, 2.45) is 0 Å². The van der Waals surface area contributed by atoms with Crippen molar-refractivity contribution in [2.45, 2.75) is 25.4 Å². The Morgan fingerprint density at radius 2 is 2.40 bits per heavy atom. The second kappa shape index (κ2) is 3.32. The molecule has 3 nitrogen and oxygen atoms in total. The minimum atomic E-state index is -0.146. The van der Waals surface area contributed by atoms with Crippen LogP contribution in [-0.2, 0) is 9.47 Å². The van der Waals surface area contributed by atoms with Crippen LogP contribution in [0, 0.1) is 0 Å². The molecule has 1 heterocycles. The van der Waals surface area contributed by atoms with E-state index in [4.69, 9.17) is 14.6 Å². The van der Waals surface area contributed by atoms with Crippen molar-refractivity contribution in [3.63, 3.8) is 0 Å². The van der Waals surface area contributed by atoms with Gasteiger partial charge in [-0.05, 0) is 19.8 Å². The summed E-state index contributed by atoms with van der Waals surface area (Å²) in [6.45, 7) is 3.31. The van der Waals surface area contributed by atoms with E-state index < -0.39 is 0 Å². The Balaban J connectivity index is 2.32. The van der Waals surface area contributed by atoms with Crippen LogP contribution in [0.15, 0.2) is 0 Å². The summed E-state index contributed by atoms with van der Waals surface area (Å²) in [7, 11) is 0. The normalized spacial score (nSPS) is 34.2. The third-order valence-corrected chi connectivity index (χ3v) is 1.91. The van der Waals surface area contributed by atoms with Gasteiger partial charge in [-0.15, -0.1) is 0 Å². The van der Waals surface area contributed by atoms with Crippen LogP contribution in [0.25, 0.3) is 0 Å². The Bertz CT molecular complexity index is 91.5. The molecule has 1 rings (SSSR count). The van der Waals surface area contributed by atoms with Crippen molar-refractivity contribution < 1.29 is 14.6 Å². The lowest BCUT2D eigenvalue weighted by atomic mass is 9.98. The molecule has 0 aromatic carbocycles. The van der Waals surface area contributed by atoms with Crippen LogP contribution in [0.4, 0.5) is 0 Å². The summed E-state index contributed by atoms with van der Waals surface area (Å²) < 4.78 is 10.3. The molecule has 0 aromatic heterocycles. The van der Waals surface area contributed by atoms with Gasteiger partial charge in [-0.3, -0.25) is 0 Å². The van der Waals surface area contributed by atoms with Gasteiger partial charge in [0, 0.05) is 6.61 Å². The molecule has 1 aliphatic rings. The molecule has 0 spiro atoms. The quantitative estimate of drug-likeness (QED) is 0.617. The lowest BCUT2D eigenvalue weighted by molar-refractivity contribution is -0.190. The highest BCUT2D eigenvalue weighted by Gasteiger charge is 2.27. The highest BCUT2D eigenvalue weighted by Crippen LogP contribution is 2.22. The number of ether oxygens (including phenoxy) is 2. The van der Waals surface area contributed by atoms with Gasteiger partial charge in [-0.2, -0.15) is 0 Å². The Kier molecular flexibility index (Phi) is 2.65. The number of aliphatic hydroxyl groups is 1. The van der Waals surface area contributed by atoms with Crippen LogP contribution in [0.5, 0.6) is 0 Å². The molecule has 0 bridgehead atoms. The first-order valence-corrected chi connectivity index (χ1v) is 3.59. The van der Waals surface area contributed by atoms with Crippen molar-refractivity contribution in [1.29, 1.82) is 0 Å². The minimum absolute atomic E-state index is 0.146. The van der Waals surface area contributed by atoms with Gasteiger partial charge in [0.15, 0.2) is 0 Å². The van der Waals surface area contributed by atoms with E-state index in [0.29, 0.717) is 13.2 Å². The van der Waals surface area contributed by atoms with E-state index in [1.165, 1.54) is 0 Å². The smallest absolute Gasteiger partial charge is 0.147 e. The summed E-state index contributed by atoms with van der Waals surface area (Å²) in [5.74, 6) is 0. The van der Waals surface area contributed by atoms with Gasteiger partial charge in [-0.1, -0.05) is 0 Å². The zero-order valence-electron chi connectivity index (χ0n) is 6.30. The molecule has 0 amide bonds. The molecule has 1 aliphatic heterocycles. The molecule has 3 heteroatoms. The Hall–Kier alpha value is -0.120. The number of hydrogen-bond acceptors (Lipinski definition) is 3. The molecule has 60 valence electrons. The Labute approximate surface area is 60.9 Å². The average molecular weight is 146 g/mol. The maximum atomic E-state index is 8.66. The maximum absolute atomic E-state index is 8.66. The van der Waals surface area contributed by atoms with Crippen LogP contribution < -0.4 is 0 Å². The third kappa shape index (κ3) is 1.94. The highest BCUT2D eigenvalue weighted by atomic mass is 16.7. The lowest BCUT2D eigenvalue weighted by Crippen LogP contribution is -2.36. The summed E-state index contributed by atoms with van der Waals surface area (Å²) in [5, 5.41) is 8.66. The molecule has 0 saturated carbocycles. The number of hydrogen-bond donors (Lipinski definition) is 1. The molecule has 1 fully saturated rings. The first-order chi connectivity index (χ1) is 4.77. The van der Waals surface area contributed by atoms with Crippen molar-refractivity contribution in [3.8, 4) is 0 Å². The maximum Gasteiger partial charge on any atom is 0.147 e. The van der Waals surface area contributed by atoms with Crippen molar-refractivity contribution in [1.82, 2.24) is 0 Å². The average Bonchev–Trinajstić information content (AvgIpc) is 1.89. The Morgan fingerprint density at radius 3 is 2.90 bits per heavy atom. The molecule has 0 aromatic rings. The van der Waals surface area contributed by atoms with E-state index in [1.807, 2.05) is 6.92 Å². The van der Waals surface area contributed by atoms with Gasteiger partial charge in [0.25, 0.3) is 0 Å². The monoisotopic (exact) mass is 146 g/mol.